The summed E-state index contributed by atoms with van der Waals surface area (Å²) in [5.41, 5.74) is 0.516. The van der Waals surface area contributed by atoms with Crippen molar-refractivity contribution in [2.75, 3.05) is 7.11 Å². The number of pyridine rings is 1. The van der Waals surface area contributed by atoms with Crippen LogP contribution in [0.3, 0.4) is 0 Å². The van der Waals surface area contributed by atoms with Crippen LogP contribution in [0.5, 0.6) is 17.4 Å². The number of nitrogens with zero attached hydrogens (tertiary/aromatic N) is 2. The molecule has 1 N–H and O–H groups in total. The summed E-state index contributed by atoms with van der Waals surface area (Å²) in [4.78, 5) is 14.3. The van der Waals surface area contributed by atoms with Gasteiger partial charge in [0.25, 0.3) is 5.69 Å². The molecule has 0 aliphatic heterocycles. The van der Waals surface area contributed by atoms with E-state index in [9.17, 15) is 15.2 Å². The molecule has 21 heavy (non-hydrogen) atoms. The minimum atomic E-state index is -0.664. The van der Waals surface area contributed by atoms with Crippen molar-refractivity contribution in [3.05, 3.63) is 52.2 Å². The Morgan fingerprint density at radius 1 is 1.29 bits per heavy atom. The van der Waals surface area contributed by atoms with Crippen LogP contribution >= 0.6 is 0 Å². The molecule has 0 fully saturated rings. The molecule has 0 bridgehead atoms. The lowest BCUT2D eigenvalue weighted by atomic mass is 10.2. The van der Waals surface area contributed by atoms with E-state index >= 15 is 0 Å². The second kappa shape index (κ2) is 6.19. The monoisotopic (exact) mass is 290 g/mol. The third-order valence-corrected chi connectivity index (χ3v) is 2.81. The van der Waals surface area contributed by atoms with Gasteiger partial charge in [-0.1, -0.05) is 0 Å². The fourth-order valence-corrected chi connectivity index (χ4v) is 1.71. The van der Waals surface area contributed by atoms with Gasteiger partial charge in [0.2, 0.25) is 5.88 Å². The van der Waals surface area contributed by atoms with E-state index in [-0.39, 0.29) is 17.3 Å². The number of ether oxygens (including phenoxy) is 2. The van der Waals surface area contributed by atoms with Gasteiger partial charge in [0, 0.05) is 18.3 Å². The Morgan fingerprint density at radius 2 is 2.05 bits per heavy atom. The van der Waals surface area contributed by atoms with Gasteiger partial charge in [-0.25, -0.2) is 4.98 Å². The molecule has 1 atom stereocenters. The van der Waals surface area contributed by atoms with Crippen molar-refractivity contribution in [3.8, 4) is 17.4 Å². The third-order valence-electron chi connectivity index (χ3n) is 2.81. The van der Waals surface area contributed by atoms with E-state index in [0.717, 1.165) is 0 Å². The van der Waals surface area contributed by atoms with Crippen LogP contribution in [0.4, 0.5) is 5.69 Å². The van der Waals surface area contributed by atoms with Crippen molar-refractivity contribution in [2.24, 2.45) is 0 Å². The number of aliphatic hydroxyl groups is 1. The smallest absolute Gasteiger partial charge is 0.273 e. The van der Waals surface area contributed by atoms with Crippen molar-refractivity contribution in [3.63, 3.8) is 0 Å². The van der Waals surface area contributed by atoms with E-state index < -0.39 is 11.0 Å². The van der Waals surface area contributed by atoms with E-state index in [0.29, 0.717) is 11.3 Å². The van der Waals surface area contributed by atoms with Gasteiger partial charge >= 0.3 is 0 Å². The molecular formula is C14H14N2O5. The molecule has 0 aliphatic carbocycles. The number of aromatic nitrogens is 1. The maximum atomic E-state index is 10.8. The molecule has 1 aromatic heterocycles. The van der Waals surface area contributed by atoms with Gasteiger partial charge in [-0.15, -0.1) is 0 Å². The summed E-state index contributed by atoms with van der Waals surface area (Å²) in [6, 6.07) is 7.25. The number of aliphatic hydroxyl groups excluding tert-OH is 1. The van der Waals surface area contributed by atoms with E-state index in [1.165, 1.54) is 31.5 Å². The van der Waals surface area contributed by atoms with Crippen molar-refractivity contribution >= 4 is 5.69 Å². The van der Waals surface area contributed by atoms with Crippen LogP contribution in [0.2, 0.25) is 0 Å². The molecule has 0 saturated heterocycles. The first-order valence-electron chi connectivity index (χ1n) is 6.15. The molecule has 0 amide bonds. The molecular weight excluding hydrogens is 276 g/mol. The fraction of sp³-hybridized carbons (Fsp3) is 0.214. The summed E-state index contributed by atoms with van der Waals surface area (Å²) in [7, 11) is 1.44. The zero-order valence-electron chi connectivity index (χ0n) is 11.5. The Balaban J connectivity index is 2.35. The largest absolute Gasteiger partial charge is 0.493 e. The first-order chi connectivity index (χ1) is 10.0. The first-order valence-corrected chi connectivity index (χ1v) is 6.15. The summed E-state index contributed by atoms with van der Waals surface area (Å²) in [6.45, 7) is 1.62. The molecule has 7 heteroatoms. The van der Waals surface area contributed by atoms with Crippen molar-refractivity contribution in [1.29, 1.82) is 0 Å². The van der Waals surface area contributed by atoms with Gasteiger partial charge in [0.15, 0.2) is 11.5 Å². The topological polar surface area (TPSA) is 94.7 Å². The van der Waals surface area contributed by atoms with Crippen molar-refractivity contribution in [1.82, 2.24) is 4.98 Å². The normalized spacial score (nSPS) is 11.8. The Labute approximate surface area is 120 Å². The lowest BCUT2D eigenvalue weighted by Gasteiger charge is -2.11. The number of benzene rings is 1. The summed E-state index contributed by atoms with van der Waals surface area (Å²) >= 11 is 0. The number of hydrogen-bond donors (Lipinski definition) is 1. The Morgan fingerprint density at radius 3 is 2.67 bits per heavy atom. The molecule has 1 heterocycles. The zero-order valence-corrected chi connectivity index (χ0v) is 11.5. The lowest BCUT2D eigenvalue weighted by Crippen LogP contribution is -1.96. The second-order valence-electron chi connectivity index (χ2n) is 4.30. The van der Waals surface area contributed by atoms with Crippen LogP contribution in [-0.4, -0.2) is 22.1 Å². The highest BCUT2D eigenvalue weighted by molar-refractivity contribution is 5.49. The first kappa shape index (κ1) is 14.7. The van der Waals surface area contributed by atoms with Crippen molar-refractivity contribution < 1.29 is 19.5 Å². The highest BCUT2D eigenvalue weighted by Gasteiger charge is 2.14. The standard InChI is InChI=1S/C14H14N2O5/c1-9(17)10-5-6-15-14(7-10)21-13-8-11(16(18)19)3-4-12(13)20-2/h3-9,17H,1-2H3/t9-/m0/s1. The molecule has 0 unspecified atom stereocenters. The second-order valence-corrected chi connectivity index (χ2v) is 4.30. The maximum Gasteiger partial charge on any atom is 0.273 e. The van der Waals surface area contributed by atoms with Crippen LogP contribution in [-0.2, 0) is 0 Å². The maximum absolute atomic E-state index is 10.8. The van der Waals surface area contributed by atoms with Gasteiger partial charge in [0.1, 0.15) is 0 Å². The predicted molar refractivity (Wildman–Crippen MR) is 74.6 cm³/mol. The third kappa shape index (κ3) is 3.46. The molecule has 1 aromatic carbocycles. The predicted octanol–water partition coefficient (Wildman–Crippen LogP) is 2.84. The van der Waals surface area contributed by atoms with E-state index in [4.69, 9.17) is 9.47 Å². The molecule has 7 nitrogen and oxygen atoms in total. The molecule has 2 aromatic rings. The number of non-ortho nitro benzene ring substituents is 1. The Kier molecular flexibility index (Phi) is 4.34. The number of nitro benzene ring substituents is 1. The summed E-state index contributed by atoms with van der Waals surface area (Å²) in [6.07, 6.45) is 0.823. The zero-order chi connectivity index (χ0) is 15.4. The molecule has 0 saturated carbocycles. The van der Waals surface area contributed by atoms with Crippen LogP contribution in [0, 0.1) is 10.1 Å². The molecule has 0 radical (unpaired) electrons. The Hall–Kier alpha value is -2.67. The van der Waals surface area contributed by atoms with Gasteiger partial charge in [0.05, 0.1) is 24.2 Å². The average molecular weight is 290 g/mol. The Bertz CT molecular complexity index is 658. The fourth-order valence-electron chi connectivity index (χ4n) is 1.71. The van der Waals surface area contributed by atoms with E-state index in [2.05, 4.69) is 4.98 Å². The quantitative estimate of drug-likeness (QED) is 0.672. The number of hydrogen-bond acceptors (Lipinski definition) is 6. The molecule has 110 valence electrons. The number of rotatable bonds is 5. The summed E-state index contributed by atoms with van der Waals surface area (Å²) < 4.78 is 10.6. The van der Waals surface area contributed by atoms with Crippen LogP contribution < -0.4 is 9.47 Å². The number of methoxy groups -OCH3 is 1. The van der Waals surface area contributed by atoms with Crippen LogP contribution in [0.25, 0.3) is 0 Å². The van der Waals surface area contributed by atoms with Gasteiger partial charge < -0.3 is 14.6 Å². The van der Waals surface area contributed by atoms with Gasteiger partial charge in [-0.3, -0.25) is 10.1 Å². The summed E-state index contributed by atoms with van der Waals surface area (Å²) in [5.74, 6) is 0.749. The minimum Gasteiger partial charge on any atom is -0.493 e. The molecule has 0 spiro atoms. The molecule has 2 rings (SSSR count). The summed E-state index contributed by atoms with van der Waals surface area (Å²) in [5, 5.41) is 20.3. The van der Waals surface area contributed by atoms with E-state index in [1.54, 1.807) is 19.1 Å². The van der Waals surface area contributed by atoms with E-state index in [1.807, 2.05) is 0 Å². The average Bonchev–Trinajstić information content (AvgIpc) is 2.47. The van der Waals surface area contributed by atoms with Crippen LogP contribution in [0.15, 0.2) is 36.5 Å². The van der Waals surface area contributed by atoms with Gasteiger partial charge in [-0.05, 0) is 24.6 Å². The highest BCUT2D eigenvalue weighted by Crippen LogP contribution is 2.34. The number of nitro groups is 1. The SMILES string of the molecule is COc1ccc([N+](=O)[O-])cc1Oc1cc([C@H](C)O)ccn1. The van der Waals surface area contributed by atoms with Crippen LogP contribution in [0.1, 0.15) is 18.6 Å². The lowest BCUT2D eigenvalue weighted by molar-refractivity contribution is -0.384. The molecule has 0 aliphatic rings. The highest BCUT2D eigenvalue weighted by atomic mass is 16.6. The van der Waals surface area contributed by atoms with Gasteiger partial charge in [-0.2, -0.15) is 0 Å². The van der Waals surface area contributed by atoms with Crippen molar-refractivity contribution in [2.45, 2.75) is 13.0 Å². The minimum absolute atomic E-state index is 0.113.